The Hall–Kier alpha value is -12.5. The molecule has 94 heavy (non-hydrogen) atoms. The Morgan fingerprint density at radius 2 is 0.287 bits per heavy atom. The molecular formula is C90H60N4. The molecule has 0 saturated heterocycles. The zero-order chi connectivity index (χ0) is 62.1. The standard InChI is InChI=1S/C90H60N4/c1-2-20-74-73(19-1)79-25-7-13-31-85(79)92(86-32-14-8-26-80(74)86)70-55-43-64(44-56-70)61-37-49-67(50-38-61)91(68-51-39-62(40-52-68)65-45-57-71(58-46-65)93-87-33-15-9-27-81(87)75-21-3-4-22-76(75)82-28-10-16-34-88(82)93)69-53-41-63(42-54-69)66-47-59-72(60-48-66)94-89-35-17-11-29-83(89)77-23-5-6-24-78(77)84-30-12-18-36-90(84)94/h1-60H. The zero-order valence-electron chi connectivity index (χ0n) is 51.4. The van der Waals surface area contributed by atoms with E-state index in [2.05, 4.69) is 384 Å². The van der Waals surface area contributed by atoms with E-state index in [0.717, 1.165) is 102 Å². The number of hydrogen-bond acceptors (Lipinski definition) is 4. The Bertz CT molecular complexity index is 4630. The highest BCUT2D eigenvalue weighted by Crippen LogP contribution is 2.54. The van der Waals surface area contributed by atoms with E-state index in [9.17, 15) is 0 Å². The van der Waals surface area contributed by atoms with Crippen molar-refractivity contribution < 1.29 is 0 Å². The van der Waals surface area contributed by atoms with Crippen LogP contribution >= 0.6 is 0 Å². The zero-order valence-corrected chi connectivity index (χ0v) is 51.4. The summed E-state index contributed by atoms with van der Waals surface area (Å²) in [6.07, 6.45) is 0. The summed E-state index contributed by atoms with van der Waals surface area (Å²) >= 11 is 0. The molecule has 0 N–H and O–H groups in total. The van der Waals surface area contributed by atoms with Gasteiger partial charge >= 0.3 is 0 Å². The molecule has 15 aromatic rings. The summed E-state index contributed by atoms with van der Waals surface area (Å²) < 4.78 is 0. The predicted molar refractivity (Wildman–Crippen MR) is 395 cm³/mol. The second-order valence-corrected chi connectivity index (χ2v) is 24.4. The Labute approximate surface area is 548 Å². The molecule has 4 heteroatoms. The molecule has 3 heterocycles. The minimum Gasteiger partial charge on any atom is -0.311 e. The minimum absolute atomic E-state index is 1.06. The molecule has 0 atom stereocenters. The van der Waals surface area contributed by atoms with Crippen LogP contribution in [0.15, 0.2) is 364 Å². The molecule has 0 fully saturated rings. The lowest BCUT2D eigenvalue weighted by atomic mass is 9.95. The summed E-state index contributed by atoms with van der Waals surface area (Å²) in [6.45, 7) is 0. The topological polar surface area (TPSA) is 13.0 Å². The van der Waals surface area contributed by atoms with Crippen LogP contribution in [0, 0.1) is 0 Å². The van der Waals surface area contributed by atoms with Crippen molar-refractivity contribution in [2.24, 2.45) is 0 Å². The van der Waals surface area contributed by atoms with E-state index in [-0.39, 0.29) is 0 Å². The number of hydrogen-bond donors (Lipinski definition) is 0. The monoisotopic (exact) mass is 1200 g/mol. The van der Waals surface area contributed by atoms with Crippen LogP contribution in [0.2, 0.25) is 0 Å². The van der Waals surface area contributed by atoms with Gasteiger partial charge in [0.2, 0.25) is 0 Å². The highest BCUT2D eigenvalue weighted by atomic mass is 15.2. The van der Waals surface area contributed by atoms with Gasteiger partial charge in [-0.05, 0) is 176 Å². The van der Waals surface area contributed by atoms with E-state index in [0.29, 0.717) is 0 Å². The van der Waals surface area contributed by atoms with Crippen molar-refractivity contribution in [2.45, 2.75) is 0 Å². The lowest BCUT2D eigenvalue weighted by Gasteiger charge is -2.28. The van der Waals surface area contributed by atoms with Crippen molar-refractivity contribution in [1.82, 2.24) is 0 Å². The summed E-state index contributed by atoms with van der Waals surface area (Å²) in [4.78, 5) is 9.62. The summed E-state index contributed by atoms with van der Waals surface area (Å²) in [7, 11) is 0. The lowest BCUT2D eigenvalue weighted by Crippen LogP contribution is -2.11. The van der Waals surface area contributed by atoms with E-state index < -0.39 is 0 Å². The van der Waals surface area contributed by atoms with Gasteiger partial charge in [0.05, 0.1) is 34.1 Å². The van der Waals surface area contributed by atoms with Crippen LogP contribution in [0.4, 0.5) is 68.2 Å². The number of benzene rings is 15. The van der Waals surface area contributed by atoms with E-state index >= 15 is 0 Å². The predicted octanol–water partition coefficient (Wildman–Crippen LogP) is 25.5. The molecule has 0 aliphatic carbocycles. The Morgan fingerprint density at radius 1 is 0.138 bits per heavy atom. The van der Waals surface area contributed by atoms with E-state index in [1.807, 2.05) is 0 Å². The van der Waals surface area contributed by atoms with Gasteiger partial charge in [0.1, 0.15) is 0 Å². The fourth-order valence-corrected chi connectivity index (χ4v) is 14.7. The first-order chi connectivity index (χ1) is 46.6. The summed E-state index contributed by atoms with van der Waals surface area (Å²) in [5.41, 5.74) is 35.1. The molecule has 0 aromatic heterocycles. The van der Waals surface area contributed by atoms with Gasteiger partial charge in [-0.1, -0.05) is 255 Å². The third kappa shape index (κ3) is 9.22. The fraction of sp³-hybridized carbons (Fsp3) is 0. The van der Waals surface area contributed by atoms with Gasteiger partial charge in [0, 0.05) is 67.5 Å². The molecule has 15 aromatic carbocycles. The van der Waals surface area contributed by atoms with Crippen molar-refractivity contribution in [3.8, 4) is 100 Å². The van der Waals surface area contributed by atoms with Crippen LogP contribution in [-0.4, -0.2) is 0 Å². The molecule has 0 unspecified atom stereocenters. The largest absolute Gasteiger partial charge is 0.311 e. The van der Waals surface area contributed by atoms with Gasteiger partial charge in [-0.25, -0.2) is 0 Å². The van der Waals surface area contributed by atoms with Crippen molar-refractivity contribution in [2.75, 3.05) is 19.6 Å². The van der Waals surface area contributed by atoms with Gasteiger partial charge in [0.15, 0.2) is 0 Å². The summed E-state index contributed by atoms with van der Waals surface area (Å²) in [6, 6.07) is 133. The number of anilines is 12. The number of rotatable bonds is 9. The minimum atomic E-state index is 1.06. The first kappa shape index (κ1) is 54.4. The van der Waals surface area contributed by atoms with Gasteiger partial charge in [-0.2, -0.15) is 0 Å². The fourth-order valence-electron chi connectivity index (χ4n) is 14.7. The van der Waals surface area contributed by atoms with Gasteiger partial charge in [-0.3, -0.25) is 0 Å². The van der Waals surface area contributed by atoms with Crippen LogP contribution in [0.1, 0.15) is 0 Å². The normalized spacial score (nSPS) is 12.2. The van der Waals surface area contributed by atoms with E-state index in [4.69, 9.17) is 0 Å². The molecule has 0 bridgehead atoms. The lowest BCUT2D eigenvalue weighted by molar-refractivity contribution is 1.28. The van der Waals surface area contributed by atoms with E-state index in [1.165, 1.54) is 66.8 Å². The maximum absolute atomic E-state index is 2.42. The Morgan fingerprint density at radius 3 is 0.468 bits per heavy atom. The maximum atomic E-state index is 2.42. The van der Waals surface area contributed by atoms with Gasteiger partial charge < -0.3 is 19.6 Å². The SMILES string of the molecule is c1ccc2c(c1)-c1ccccc1N(c1ccc(-c3ccc(N(c4ccc(-c5ccc(N6c7ccccc7-c7ccccc7-c7ccccc76)cc5)cc4)c4ccc(-c5ccc(N6c7ccccc7-c7ccccc7-c7ccccc76)cc5)cc4)cc3)cc1)c1ccccc1-2. The van der Waals surface area contributed by atoms with Gasteiger partial charge in [-0.15, -0.1) is 0 Å². The van der Waals surface area contributed by atoms with Crippen LogP contribution in [0.3, 0.4) is 0 Å². The van der Waals surface area contributed by atoms with Crippen molar-refractivity contribution in [3.63, 3.8) is 0 Å². The Balaban J connectivity index is 0.675. The molecule has 0 saturated carbocycles. The van der Waals surface area contributed by atoms with Gasteiger partial charge in [0.25, 0.3) is 0 Å². The van der Waals surface area contributed by atoms with Crippen LogP contribution in [0.25, 0.3) is 100 Å². The first-order valence-electron chi connectivity index (χ1n) is 32.3. The number of para-hydroxylation sites is 6. The summed E-state index contributed by atoms with van der Waals surface area (Å²) in [5.74, 6) is 0. The molecule has 0 amide bonds. The van der Waals surface area contributed by atoms with Crippen LogP contribution in [0.5, 0.6) is 0 Å². The molecule has 3 aliphatic rings. The average molecular weight is 1200 g/mol. The highest BCUT2D eigenvalue weighted by Gasteiger charge is 2.29. The van der Waals surface area contributed by atoms with Crippen LogP contribution < -0.4 is 19.6 Å². The molecule has 0 spiro atoms. The van der Waals surface area contributed by atoms with Crippen molar-refractivity contribution in [3.05, 3.63) is 364 Å². The second-order valence-electron chi connectivity index (χ2n) is 24.4. The molecule has 18 rings (SSSR count). The third-order valence-corrected chi connectivity index (χ3v) is 19.1. The molecule has 0 radical (unpaired) electrons. The van der Waals surface area contributed by atoms with E-state index in [1.54, 1.807) is 0 Å². The van der Waals surface area contributed by atoms with Crippen LogP contribution in [-0.2, 0) is 0 Å². The van der Waals surface area contributed by atoms with Crippen molar-refractivity contribution in [1.29, 1.82) is 0 Å². The van der Waals surface area contributed by atoms with Crippen molar-refractivity contribution >= 4 is 68.2 Å². The second kappa shape index (κ2) is 22.8. The average Bonchev–Trinajstić information content (AvgIpc) is 1.61. The molecule has 3 aliphatic heterocycles. The summed E-state index contributed by atoms with van der Waals surface area (Å²) in [5, 5.41) is 0. The third-order valence-electron chi connectivity index (χ3n) is 19.1. The quantitative estimate of drug-likeness (QED) is 0.143. The highest BCUT2D eigenvalue weighted by molar-refractivity contribution is 6.06. The first-order valence-corrected chi connectivity index (χ1v) is 32.3. The smallest absolute Gasteiger partial charge is 0.0540 e. The number of nitrogens with zero attached hydrogens (tertiary/aromatic N) is 4. The molecule has 4 nitrogen and oxygen atoms in total. The number of fused-ring (bicyclic) bond motifs is 15. The molecular weight excluding hydrogens is 1140 g/mol. The maximum Gasteiger partial charge on any atom is 0.0540 e. The Kier molecular flexibility index (Phi) is 13.2. The molecule has 440 valence electrons.